The molecule has 19 heavy (non-hydrogen) atoms. The Morgan fingerprint density at radius 1 is 1.26 bits per heavy atom. The summed E-state index contributed by atoms with van der Waals surface area (Å²) in [5.41, 5.74) is 9.58. The molecule has 0 aliphatic heterocycles. The average Bonchev–Trinajstić information content (AvgIpc) is 2.38. The summed E-state index contributed by atoms with van der Waals surface area (Å²) in [5, 5.41) is 8.90. The van der Waals surface area contributed by atoms with Crippen LogP contribution in [0.3, 0.4) is 0 Å². The van der Waals surface area contributed by atoms with Gasteiger partial charge in [-0.05, 0) is 58.5 Å². The third-order valence-electron chi connectivity index (χ3n) is 2.88. The number of anilines is 2. The van der Waals surface area contributed by atoms with Crippen LogP contribution in [-0.4, -0.2) is 7.05 Å². The topological polar surface area (TPSA) is 53.0 Å². The van der Waals surface area contributed by atoms with Gasteiger partial charge in [0.1, 0.15) is 0 Å². The van der Waals surface area contributed by atoms with E-state index in [1.807, 2.05) is 49.5 Å². The molecule has 0 saturated carbocycles. The first-order chi connectivity index (χ1) is 9.10. The minimum Gasteiger partial charge on any atom is -0.397 e. The number of hydrogen-bond donors (Lipinski definition) is 1. The lowest BCUT2D eigenvalue weighted by molar-refractivity contribution is 0.924. The third-order valence-corrected chi connectivity index (χ3v) is 3.55. The Balaban J connectivity index is 2.20. The molecule has 2 rings (SSSR count). The lowest BCUT2D eigenvalue weighted by Gasteiger charge is -2.21. The largest absolute Gasteiger partial charge is 0.397 e. The van der Waals surface area contributed by atoms with Gasteiger partial charge in [0.25, 0.3) is 0 Å². The number of nitrogen functional groups attached to an aromatic ring is 1. The molecule has 0 aliphatic carbocycles. The molecule has 0 heterocycles. The number of nitrogens with zero attached hydrogens (tertiary/aromatic N) is 2. The van der Waals surface area contributed by atoms with E-state index >= 15 is 0 Å². The van der Waals surface area contributed by atoms with Crippen molar-refractivity contribution >= 4 is 34.0 Å². The predicted octanol–water partition coefficient (Wildman–Crippen LogP) is 3.38. The number of benzene rings is 2. The molecule has 2 aromatic rings. The van der Waals surface area contributed by atoms with Gasteiger partial charge in [0, 0.05) is 17.2 Å². The van der Waals surface area contributed by atoms with Crippen LogP contribution in [0.2, 0.25) is 0 Å². The van der Waals surface area contributed by atoms with Crippen LogP contribution < -0.4 is 10.6 Å². The minimum atomic E-state index is 0.682. The zero-order valence-electron chi connectivity index (χ0n) is 10.6. The number of hydrogen-bond acceptors (Lipinski definition) is 3. The summed E-state index contributed by atoms with van der Waals surface area (Å²) in [6.07, 6.45) is 0. The van der Waals surface area contributed by atoms with Gasteiger partial charge in [-0.15, -0.1) is 0 Å². The van der Waals surface area contributed by atoms with Crippen LogP contribution in [-0.2, 0) is 6.54 Å². The van der Waals surface area contributed by atoms with E-state index in [1.165, 1.54) is 0 Å². The van der Waals surface area contributed by atoms with Crippen molar-refractivity contribution in [3.63, 3.8) is 0 Å². The molecule has 0 atom stereocenters. The Hall–Kier alpha value is -1.74. The van der Waals surface area contributed by atoms with Gasteiger partial charge in [0.2, 0.25) is 0 Å². The van der Waals surface area contributed by atoms with Crippen LogP contribution >= 0.6 is 22.6 Å². The molecule has 3 nitrogen and oxygen atoms in total. The third kappa shape index (κ3) is 3.38. The molecule has 2 N–H and O–H groups in total. The molecule has 0 spiro atoms. The highest BCUT2D eigenvalue weighted by Gasteiger charge is 2.06. The van der Waals surface area contributed by atoms with Crippen molar-refractivity contribution in [1.82, 2.24) is 0 Å². The fourth-order valence-corrected chi connectivity index (χ4v) is 2.49. The van der Waals surface area contributed by atoms with Crippen molar-refractivity contribution in [1.29, 1.82) is 5.26 Å². The predicted molar refractivity (Wildman–Crippen MR) is 86.8 cm³/mol. The van der Waals surface area contributed by atoms with Crippen molar-refractivity contribution in [3.8, 4) is 6.07 Å². The summed E-state index contributed by atoms with van der Waals surface area (Å²) in [6, 6.07) is 15.8. The van der Waals surface area contributed by atoms with E-state index in [4.69, 9.17) is 11.0 Å². The standard InChI is InChI=1S/C15H14IN3/c1-19(15-6-5-13(16)8-14(15)18)10-12-4-2-3-11(7-12)9-17/h2-8H,10,18H2,1H3. The maximum Gasteiger partial charge on any atom is 0.0991 e. The smallest absolute Gasteiger partial charge is 0.0991 e. The maximum absolute atomic E-state index is 8.90. The van der Waals surface area contributed by atoms with Gasteiger partial charge >= 0.3 is 0 Å². The highest BCUT2D eigenvalue weighted by atomic mass is 127. The second-order valence-electron chi connectivity index (χ2n) is 4.37. The van der Waals surface area contributed by atoms with Gasteiger partial charge in [-0.25, -0.2) is 0 Å². The Morgan fingerprint density at radius 2 is 2.05 bits per heavy atom. The highest BCUT2D eigenvalue weighted by Crippen LogP contribution is 2.25. The molecule has 96 valence electrons. The molecule has 0 amide bonds. The summed E-state index contributed by atoms with van der Waals surface area (Å²) < 4.78 is 1.12. The molecular formula is C15H14IN3. The summed E-state index contributed by atoms with van der Waals surface area (Å²) in [6.45, 7) is 0.723. The van der Waals surface area contributed by atoms with Gasteiger partial charge < -0.3 is 10.6 Å². The summed E-state index contributed by atoms with van der Waals surface area (Å²) in [4.78, 5) is 2.09. The number of nitrogens with two attached hydrogens (primary N) is 1. The molecule has 0 radical (unpaired) electrons. The average molecular weight is 363 g/mol. The minimum absolute atomic E-state index is 0.682. The molecular weight excluding hydrogens is 349 g/mol. The van der Waals surface area contributed by atoms with E-state index in [0.717, 1.165) is 27.1 Å². The van der Waals surface area contributed by atoms with Crippen LogP contribution in [0.1, 0.15) is 11.1 Å². The quantitative estimate of drug-likeness (QED) is 0.672. The molecule has 0 aliphatic rings. The Morgan fingerprint density at radius 3 is 2.74 bits per heavy atom. The number of rotatable bonds is 3. The van der Waals surface area contributed by atoms with Gasteiger partial charge in [-0.2, -0.15) is 5.26 Å². The normalized spacial score (nSPS) is 9.95. The van der Waals surface area contributed by atoms with Crippen molar-refractivity contribution in [2.24, 2.45) is 0 Å². The van der Waals surface area contributed by atoms with Crippen molar-refractivity contribution in [3.05, 3.63) is 57.2 Å². The van der Waals surface area contributed by atoms with E-state index < -0.39 is 0 Å². The molecule has 0 unspecified atom stereocenters. The molecule has 0 aromatic heterocycles. The van der Waals surface area contributed by atoms with E-state index in [2.05, 4.69) is 33.6 Å². The van der Waals surface area contributed by atoms with Crippen LogP contribution in [0.25, 0.3) is 0 Å². The fraction of sp³-hybridized carbons (Fsp3) is 0.133. The first-order valence-electron chi connectivity index (χ1n) is 5.85. The van der Waals surface area contributed by atoms with Gasteiger partial charge in [0.05, 0.1) is 23.0 Å². The van der Waals surface area contributed by atoms with Gasteiger partial charge in [0.15, 0.2) is 0 Å². The molecule has 0 fully saturated rings. The number of halogens is 1. The Kier molecular flexibility index (Phi) is 4.27. The lowest BCUT2D eigenvalue weighted by Crippen LogP contribution is -2.17. The van der Waals surface area contributed by atoms with E-state index in [1.54, 1.807) is 0 Å². The second-order valence-corrected chi connectivity index (χ2v) is 5.62. The molecule has 4 heteroatoms. The van der Waals surface area contributed by atoms with Crippen LogP contribution in [0.4, 0.5) is 11.4 Å². The second kappa shape index (κ2) is 5.93. The molecule has 0 bridgehead atoms. The first-order valence-corrected chi connectivity index (χ1v) is 6.93. The molecule has 0 saturated heterocycles. The van der Waals surface area contributed by atoms with Crippen molar-refractivity contribution in [2.45, 2.75) is 6.54 Å². The van der Waals surface area contributed by atoms with Crippen molar-refractivity contribution in [2.75, 3.05) is 17.7 Å². The Labute approximate surface area is 126 Å². The molecule has 2 aromatic carbocycles. The summed E-state index contributed by atoms with van der Waals surface area (Å²) >= 11 is 2.24. The SMILES string of the molecule is CN(Cc1cccc(C#N)c1)c1ccc(I)cc1N. The summed E-state index contributed by atoms with van der Waals surface area (Å²) in [7, 11) is 2.00. The van der Waals surface area contributed by atoms with E-state index in [-0.39, 0.29) is 0 Å². The lowest BCUT2D eigenvalue weighted by atomic mass is 10.1. The van der Waals surface area contributed by atoms with E-state index in [9.17, 15) is 0 Å². The fourth-order valence-electron chi connectivity index (χ4n) is 1.97. The zero-order valence-corrected chi connectivity index (χ0v) is 12.8. The van der Waals surface area contributed by atoms with Gasteiger partial charge in [-0.3, -0.25) is 0 Å². The highest BCUT2D eigenvalue weighted by molar-refractivity contribution is 14.1. The van der Waals surface area contributed by atoms with E-state index in [0.29, 0.717) is 5.56 Å². The first kappa shape index (κ1) is 13.7. The van der Waals surface area contributed by atoms with Crippen LogP contribution in [0, 0.1) is 14.9 Å². The van der Waals surface area contributed by atoms with Crippen molar-refractivity contribution < 1.29 is 0 Å². The Bertz CT molecular complexity index is 632. The van der Waals surface area contributed by atoms with Crippen LogP contribution in [0.15, 0.2) is 42.5 Å². The van der Waals surface area contributed by atoms with Gasteiger partial charge in [-0.1, -0.05) is 12.1 Å². The summed E-state index contributed by atoms with van der Waals surface area (Å²) in [5.74, 6) is 0. The number of nitriles is 1. The maximum atomic E-state index is 8.90. The van der Waals surface area contributed by atoms with Crippen LogP contribution in [0.5, 0.6) is 0 Å². The zero-order chi connectivity index (χ0) is 13.8. The monoisotopic (exact) mass is 363 g/mol.